The van der Waals surface area contributed by atoms with E-state index in [9.17, 15) is 9.18 Å². The number of nitrogens with zero attached hydrogens (tertiary/aromatic N) is 2. The van der Waals surface area contributed by atoms with Gasteiger partial charge in [0.25, 0.3) is 0 Å². The first-order valence-corrected chi connectivity index (χ1v) is 8.23. The molecule has 2 N–H and O–H groups in total. The van der Waals surface area contributed by atoms with Crippen molar-refractivity contribution in [3.8, 4) is 0 Å². The van der Waals surface area contributed by atoms with Crippen molar-refractivity contribution < 1.29 is 14.3 Å². The van der Waals surface area contributed by atoms with Gasteiger partial charge >= 0.3 is 5.97 Å². The Morgan fingerprint density at radius 2 is 2.17 bits per heavy atom. The van der Waals surface area contributed by atoms with Gasteiger partial charge in [0.05, 0.1) is 5.52 Å². The molecule has 1 aromatic carbocycles. The van der Waals surface area contributed by atoms with Crippen molar-refractivity contribution in [2.45, 2.75) is 31.8 Å². The summed E-state index contributed by atoms with van der Waals surface area (Å²) in [5, 5.41) is 13.4. The van der Waals surface area contributed by atoms with Gasteiger partial charge in [0.15, 0.2) is 0 Å². The fourth-order valence-electron chi connectivity index (χ4n) is 4.06. The Hall–Kier alpha value is -2.21. The van der Waals surface area contributed by atoms with Gasteiger partial charge in [0, 0.05) is 36.4 Å². The third-order valence-corrected chi connectivity index (χ3v) is 5.40. The zero-order valence-electron chi connectivity index (χ0n) is 13.5. The van der Waals surface area contributed by atoms with E-state index in [1.54, 1.807) is 19.2 Å². The molecule has 1 saturated heterocycles. The summed E-state index contributed by atoms with van der Waals surface area (Å²) in [7, 11) is 0. The summed E-state index contributed by atoms with van der Waals surface area (Å²) in [4.78, 5) is 17.3. The second kappa shape index (κ2) is 5.41. The van der Waals surface area contributed by atoms with Crippen LogP contribution >= 0.6 is 0 Å². The van der Waals surface area contributed by atoms with E-state index in [0.717, 1.165) is 42.5 Å². The zero-order chi connectivity index (χ0) is 16.9. The number of nitrogens with one attached hydrogen (secondary N) is 1. The molecule has 24 heavy (non-hydrogen) atoms. The van der Waals surface area contributed by atoms with Crippen molar-refractivity contribution in [1.29, 1.82) is 0 Å². The Labute approximate surface area is 139 Å². The van der Waals surface area contributed by atoms with Gasteiger partial charge in [-0.15, -0.1) is 0 Å². The van der Waals surface area contributed by atoms with Crippen LogP contribution in [0.4, 0.5) is 10.1 Å². The minimum Gasteiger partial charge on any atom is -0.480 e. The molecule has 4 rings (SSSR count). The number of aliphatic carboxylic acids is 1. The van der Waals surface area contributed by atoms with Crippen LogP contribution in [0.5, 0.6) is 0 Å². The van der Waals surface area contributed by atoms with E-state index in [2.05, 4.69) is 10.3 Å². The average Bonchev–Trinajstić information content (AvgIpc) is 2.47. The average molecular weight is 329 g/mol. The van der Waals surface area contributed by atoms with Crippen molar-refractivity contribution in [2.24, 2.45) is 5.41 Å². The molecule has 1 saturated carbocycles. The third kappa shape index (κ3) is 2.51. The van der Waals surface area contributed by atoms with Gasteiger partial charge in [0.1, 0.15) is 11.9 Å². The molecule has 1 aromatic heterocycles. The maximum atomic E-state index is 13.5. The predicted octanol–water partition coefficient (Wildman–Crippen LogP) is 2.72. The first-order chi connectivity index (χ1) is 11.5. The molecule has 126 valence electrons. The van der Waals surface area contributed by atoms with Crippen molar-refractivity contribution >= 4 is 22.6 Å². The minimum absolute atomic E-state index is 0.259. The predicted molar refractivity (Wildman–Crippen MR) is 89.4 cm³/mol. The van der Waals surface area contributed by atoms with Gasteiger partial charge in [-0.2, -0.15) is 0 Å². The summed E-state index contributed by atoms with van der Waals surface area (Å²) < 4.78 is 13.5. The molecule has 5 nitrogen and oxygen atoms in total. The van der Waals surface area contributed by atoms with Crippen molar-refractivity contribution in [1.82, 2.24) is 9.88 Å². The van der Waals surface area contributed by atoms with Crippen LogP contribution in [-0.2, 0) is 4.79 Å². The maximum absolute atomic E-state index is 13.5. The zero-order valence-corrected chi connectivity index (χ0v) is 13.5. The van der Waals surface area contributed by atoms with E-state index >= 15 is 0 Å². The lowest BCUT2D eigenvalue weighted by atomic mass is 9.60. The Kier molecular flexibility index (Phi) is 3.46. The van der Waals surface area contributed by atoms with E-state index < -0.39 is 12.0 Å². The highest BCUT2D eigenvalue weighted by Crippen LogP contribution is 2.50. The summed E-state index contributed by atoms with van der Waals surface area (Å²) in [6, 6.07) is 6.44. The van der Waals surface area contributed by atoms with Crippen LogP contribution < -0.4 is 5.32 Å². The van der Waals surface area contributed by atoms with Crippen molar-refractivity contribution in [3.63, 3.8) is 0 Å². The fourth-order valence-corrected chi connectivity index (χ4v) is 4.06. The second-order valence-electron chi connectivity index (χ2n) is 7.19. The van der Waals surface area contributed by atoms with Crippen LogP contribution in [0.25, 0.3) is 10.9 Å². The topological polar surface area (TPSA) is 65.5 Å². The van der Waals surface area contributed by atoms with Crippen molar-refractivity contribution in [2.75, 3.05) is 18.4 Å². The Bertz CT molecular complexity index is 796. The number of carboxylic acid groups (broad SMARTS) is 1. The van der Waals surface area contributed by atoms with Gasteiger partial charge in [-0.1, -0.05) is 0 Å². The van der Waals surface area contributed by atoms with E-state index in [1.165, 1.54) is 12.1 Å². The van der Waals surface area contributed by atoms with Gasteiger partial charge < -0.3 is 10.4 Å². The van der Waals surface area contributed by atoms with E-state index in [4.69, 9.17) is 5.11 Å². The molecule has 2 aliphatic rings. The number of benzene rings is 1. The first kappa shape index (κ1) is 15.3. The third-order valence-electron chi connectivity index (χ3n) is 5.40. The van der Waals surface area contributed by atoms with Gasteiger partial charge in [-0.25, -0.2) is 4.39 Å². The summed E-state index contributed by atoms with van der Waals surface area (Å²) in [6.45, 7) is 3.44. The number of carboxylic acids is 1. The number of likely N-dealkylation sites (tertiary alicyclic amines) is 1. The van der Waals surface area contributed by atoms with Crippen LogP contribution in [0.2, 0.25) is 0 Å². The number of carbonyl (C=O) groups is 1. The molecular weight excluding hydrogens is 309 g/mol. The lowest BCUT2D eigenvalue weighted by Crippen LogP contribution is -2.67. The fraction of sp³-hybridized carbons (Fsp3) is 0.444. The highest BCUT2D eigenvalue weighted by atomic mass is 19.1. The second-order valence-corrected chi connectivity index (χ2v) is 7.19. The summed E-state index contributed by atoms with van der Waals surface area (Å²) in [5.41, 5.74) is 1.95. The van der Waals surface area contributed by atoms with E-state index in [0.29, 0.717) is 6.04 Å². The Balaban J connectivity index is 1.40. The Morgan fingerprint density at radius 3 is 2.88 bits per heavy atom. The van der Waals surface area contributed by atoms with Crippen LogP contribution in [-0.4, -0.2) is 46.1 Å². The highest BCUT2D eigenvalue weighted by Gasteiger charge is 2.53. The quantitative estimate of drug-likeness (QED) is 0.903. The molecule has 0 bridgehead atoms. The number of hydrogen-bond donors (Lipinski definition) is 2. The molecular formula is C18H20FN3O2. The summed E-state index contributed by atoms with van der Waals surface area (Å²) >= 11 is 0. The van der Waals surface area contributed by atoms with Gasteiger partial charge in [-0.05, 0) is 49.4 Å². The number of hydrogen-bond acceptors (Lipinski definition) is 4. The lowest BCUT2D eigenvalue weighted by Gasteiger charge is -2.60. The smallest absolute Gasteiger partial charge is 0.320 e. The largest absolute Gasteiger partial charge is 0.480 e. The number of halogens is 1. The highest BCUT2D eigenvalue weighted by molar-refractivity contribution is 5.91. The molecule has 0 amide bonds. The van der Waals surface area contributed by atoms with Crippen LogP contribution in [0.15, 0.2) is 30.5 Å². The molecule has 2 fully saturated rings. The van der Waals surface area contributed by atoms with E-state index in [-0.39, 0.29) is 11.2 Å². The number of aromatic nitrogens is 1. The van der Waals surface area contributed by atoms with E-state index in [1.807, 2.05) is 11.0 Å². The molecule has 1 spiro atoms. The molecule has 6 heteroatoms. The lowest BCUT2D eigenvalue weighted by molar-refractivity contribution is -0.152. The van der Waals surface area contributed by atoms with Crippen LogP contribution in [0.1, 0.15) is 19.8 Å². The molecule has 0 radical (unpaired) electrons. The first-order valence-electron chi connectivity index (χ1n) is 8.23. The summed E-state index contributed by atoms with van der Waals surface area (Å²) in [5.74, 6) is -1.02. The van der Waals surface area contributed by atoms with Gasteiger partial charge in [-0.3, -0.25) is 14.7 Å². The van der Waals surface area contributed by atoms with Crippen molar-refractivity contribution in [3.05, 3.63) is 36.3 Å². The number of rotatable bonds is 4. The molecule has 1 aliphatic heterocycles. The minimum atomic E-state index is -0.760. The number of fused-ring (bicyclic) bond motifs is 1. The maximum Gasteiger partial charge on any atom is 0.320 e. The molecule has 2 aromatic rings. The number of pyridine rings is 1. The standard InChI is InChI=1S/C18H20FN3O2/c1-11(17(23)24)22-9-18(10-22)7-13(8-18)21-16-4-5-20-15-3-2-12(19)6-14(15)16/h2-6,11,13H,7-10H2,1H3,(H,20,21)(H,23,24). The molecule has 1 atom stereocenters. The molecule has 1 unspecified atom stereocenters. The normalized spacial score (nSPS) is 21.2. The molecule has 2 heterocycles. The summed E-state index contributed by atoms with van der Waals surface area (Å²) in [6.07, 6.45) is 3.78. The SMILES string of the molecule is CC(C(=O)O)N1CC2(CC(Nc3ccnc4ccc(F)cc34)C2)C1. The van der Waals surface area contributed by atoms with Crippen LogP contribution in [0.3, 0.4) is 0 Å². The number of anilines is 1. The van der Waals surface area contributed by atoms with Crippen LogP contribution in [0, 0.1) is 11.2 Å². The Morgan fingerprint density at radius 1 is 1.42 bits per heavy atom. The van der Waals surface area contributed by atoms with Gasteiger partial charge in [0.2, 0.25) is 0 Å². The monoisotopic (exact) mass is 329 g/mol. The molecule has 1 aliphatic carbocycles.